The monoisotopic (exact) mass is 421 g/mol. The molecule has 1 amide bonds. The molecular weight excluding hydrogens is 412 g/mol. The van der Waals surface area contributed by atoms with E-state index in [0.717, 1.165) is 3.57 Å². The molecule has 0 saturated heterocycles. The van der Waals surface area contributed by atoms with E-state index in [1.165, 1.54) is 0 Å². The van der Waals surface area contributed by atoms with Gasteiger partial charge in [0.2, 0.25) is 0 Å². The highest BCUT2D eigenvalue weighted by molar-refractivity contribution is 14.1. The number of carbonyl (C=O) groups excluding carboxylic acids is 1. The highest BCUT2D eigenvalue weighted by atomic mass is 127. The van der Waals surface area contributed by atoms with Crippen molar-refractivity contribution < 1.29 is 9.53 Å². The Bertz CT molecular complexity index is 597. The number of halogens is 3. The second kappa shape index (κ2) is 7.15. The minimum Gasteiger partial charge on any atom is -0.484 e. The molecule has 0 heterocycles. The second-order valence-corrected chi connectivity index (χ2v) is 6.07. The van der Waals surface area contributed by atoms with Gasteiger partial charge in [-0.15, -0.1) is 0 Å². The highest BCUT2D eigenvalue weighted by Crippen LogP contribution is 2.22. The summed E-state index contributed by atoms with van der Waals surface area (Å²) >= 11 is 13.9. The minimum absolute atomic E-state index is 0.0786. The lowest BCUT2D eigenvalue weighted by atomic mass is 10.3. The fourth-order valence-corrected chi connectivity index (χ4v) is 2.39. The maximum atomic E-state index is 11.8. The number of rotatable bonds is 4. The Kier molecular flexibility index (Phi) is 5.51. The van der Waals surface area contributed by atoms with Gasteiger partial charge in [-0.25, -0.2) is 0 Å². The number of hydrogen-bond donors (Lipinski definition) is 1. The van der Waals surface area contributed by atoms with Gasteiger partial charge >= 0.3 is 0 Å². The van der Waals surface area contributed by atoms with Crippen LogP contribution in [0.5, 0.6) is 5.75 Å². The number of carbonyl (C=O) groups is 1. The molecule has 0 saturated carbocycles. The molecule has 3 nitrogen and oxygen atoms in total. The Morgan fingerprint density at radius 1 is 1.10 bits per heavy atom. The van der Waals surface area contributed by atoms with Crippen molar-refractivity contribution in [3.05, 3.63) is 56.1 Å². The highest BCUT2D eigenvalue weighted by Gasteiger charge is 2.05. The molecule has 1 N–H and O–H groups in total. The predicted molar refractivity (Wildman–Crippen MR) is 89.7 cm³/mol. The van der Waals surface area contributed by atoms with E-state index in [1.807, 2.05) is 24.3 Å². The summed E-state index contributed by atoms with van der Waals surface area (Å²) in [5, 5.41) is 3.60. The molecule has 0 aliphatic rings. The number of hydrogen-bond acceptors (Lipinski definition) is 2. The van der Waals surface area contributed by atoms with Gasteiger partial charge < -0.3 is 10.1 Å². The SMILES string of the molecule is O=C(COc1ccc(I)cc1)Nc1cc(Cl)cc(Cl)c1. The van der Waals surface area contributed by atoms with E-state index in [-0.39, 0.29) is 12.5 Å². The van der Waals surface area contributed by atoms with Crippen LogP contribution < -0.4 is 10.1 Å². The summed E-state index contributed by atoms with van der Waals surface area (Å²) in [7, 11) is 0. The largest absolute Gasteiger partial charge is 0.484 e. The van der Waals surface area contributed by atoms with Crippen molar-refractivity contribution in [2.24, 2.45) is 0 Å². The molecule has 0 aromatic heterocycles. The van der Waals surface area contributed by atoms with Crippen LogP contribution in [0.2, 0.25) is 10.0 Å². The molecule has 20 heavy (non-hydrogen) atoms. The zero-order chi connectivity index (χ0) is 14.5. The zero-order valence-electron chi connectivity index (χ0n) is 10.2. The number of ether oxygens (including phenoxy) is 1. The van der Waals surface area contributed by atoms with Crippen LogP contribution in [-0.4, -0.2) is 12.5 Å². The summed E-state index contributed by atoms with van der Waals surface area (Å²) < 4.78 is 6.48. The summed E-state index contributed by atoms with van der Waals surface area (Å²) in [6.07, 6.45) is 0. The molecule has 2 rings (SSSR count). The van der Waals surface area contributed by atoms with Crippen molar-refractivity contribution in [2.45, 2.75) is 0 Å². The van der Waals surface area contributed by atoms with E-state index in [0.29, 0.717) is 21.5 Å². The summed E-state index contributed by atoms with van der Waals surface area (Å²) in [6.45, 7) is -0.0786. The van der Waals surface area contributed by atoms with Gasteiger partial charge in [-0.3, -0.25) is 4.79 Å². The van der Waals surface area contributed by atoms with Gasteiger partial charge in [0.05, 0.1) is 0 Å². The summed E-state index contributed by atoms with van der Waals surface area (Å²) in [6, 6.07) is 12.3. The Labute approximate surface area is 140 Å². The zero-order valence-corrected chi connectivity index (χ0v) is 13.9. The number of anilines is 1. The van der Waals surface area contributed by atoms with Gasteiger partial charge in [0, 0.05) is 19.3 Å². The predicted octanol–water partition coefficient (Wildman–Crippen LogP) is 4.62. The van der Waals surface area contributed by atoms with Crippen molar-refractivity contribution in [3.63, 3.8) is 0 Å². The standard InChI is InChI=1S/C14H10Cl2INO2/c15-9-5-10(16)7-12(6-9)18-14(19)8-20-13-3-1-11(17)2-4-13/h1-7H,8H2,(H,18,19). The Balaban J connectivity index is 1.90. The lowest BCUT2D eigenvalue weighted by Gasteiger charge is -2.08. The van der Waals surface area contributed by atoms with Crippen LogP contribution in [0, 0.1) is 3.57 Å². The van der Waals surface area contributed by atoms with Gasteiger partial charge in [-0.1, -0.05) is 23.2 Å². The van der Waals surface area contributed by atoms with Crippen LogP contribution in [0.25, 0.3) is 0 Å². The first-order valence-electron chi connectivity index (χ1n) is 5.67. The van der Waals surface area contributed by atoms with Crippen LogP contribution in [0.15, 0.2) is 42.5 Å². The molecule has 0 atom stereocenters. The third-order valence-corrected chi connectivity index (χ3v) is 3.49. The van der Waals surface area contributed by atoms with E-state index in [9.17, 15) is 4.79 Å². The lowest BCUT2D eigenvalue weighted by molar-refractivity contribution is -0.118. The maximum Gasteiger partial charge on any atom is 0.262 e. The van der Waals surface area contributed by atoms with Crippen molar-refractivity contribution in [1.82, 2.24) is 0 Å². The number of amides is 1. The average molecular weight is 422 g/mol. The molecule has 104 valence electrons. The molecule has 0 aliphatic heterocycles. The van der Waals surface area contributed by atoms with Crippen molar-refractivity contribution in [1.29, 1.82) is 0 Å². The molecule has 2 aromatic rings. The van der Waals surface area contributed by atoms with Crippen LogP contribution in [0.1, 0.15) is 0 Å². The topological polar surface area (TPSA) is 38.3 Å². The van der Waals surface area contributed by atoms with E-state index < -0.39 is 0 Å². The van der Waals surface area contributed by atoms with Gasteiger partial charge in [-0.05, 0) is 65.1 Å². The van der Waals surface area contributed by atoms with Gasteiger partial charge in [0.15, 0.2) is 6.61 Å². The second-order valence-electron chi connectivity index (χ2n) is 3.95. The number of nitrogens with one attached hydrogen (secondary N) is 1. The number of benzene rings is 2. The fraction of sp³-hybridized carbons (Fsp3) is 0.0714. The van der Waals surface area contributed by atoms with E-state index in [2.05, 4.69) is 27.9 Å². The molecule has 0 aliphatic carbocycles. The molecule has 0 spiro atoms. The van der Waals surface area contributed by atoms with Gasteiger partial charge in [-0.2, -0.15) is 0 Å². The molecule has 0 unspecified atom stereocenters. The van der Waals surface area contributed by atoms with Crippen molar-refractivity contribution in [2.75, 3.05) is 11.9 Å². The molecule has 0 radical (unpaired) electrons. The molecule has 6 heteroatoms. The van der Waals surface area contributed by atoms with Crippen molar-refractivity contribution >= 4 is 57.4 Å². The lowest BCUT2D eigenvalue weighted by Crippen LogP contribution is -2.20. The van der Waals surface area contributed by atoms with Gasteiger partial charge in [0.1, 0.15) is 5.75 Å². The van der Waals surface area contributed by atoms with E-state index in [1.54, 1.807) is 18.2 Å². The van der Waals surface area contributed by atoms with Crippen LogP contribution in [0.4, 0.5) is 5.69 Å². The summed E-state index contributed by atoms with van der Waals surface area (Å²) in [5.41, 5.74) is 0.540. The van der Waals surface area contributed by atoms with Crippen LogP contribution in [0.3, 0.4) is 0 Å². The summed E-state index contributed by atoms with van der Waals surface area (Å²) in [5.74, 6) is 0.367. The van der Waals surface area contributed by atoms with Crippen LogP contribution in [-0.2, 0) is 4.79 Å². The molecule has 0 bridgehead atoms. The molecular formula is C14H10Cl2INO2. The van der Waals surface area contributed by atoms with Crippen molar-refractivity contribution in [3.8, 4) is 5.75 Å². The normalized spacial score (nSPS) is 10.2. The third kappa shape index (κ3) is 4.85. The average Bonchev–Trinajstić information content (AvgIpc) is 2.37. The molecule has 0 fully saturated rings. The quantitative estimate of drug-likeness (QED) is 0.731. The smallest absolute Gasteiger partial charge is 0.262 e. The van der Waals surface area contributed by atoms with Gasteiger partial charge in [0.25, 0.3) is 5.91 Å². The first-order valence-corrected chi connectivity index (χ1v) is 7.51. The maximum absolute atomic E-state index is 11.8. The first-order chi connectivity index (χ1) is 9.52. The Morgan fingerprint density at radius 3 is 2.30 bits per heavy atom. The Morgan fingerprint density at radius 2 is 1.70 bits per heavy atom. The fourth-order valence-electron chi connectivity index (χ4n) is 1.50. The molecule has 2 aromatic carbocycles. The van der Waals surface area contributed by atoms with E-state index >= 15 is 0 Å². The Hall–Kier alpha value is -0.980. The summed E-state index contributed by atoms with van der Waals surface area (Å²) in [4.78, 5) is 11.8. The minimum atomic E-state index is -0.276. The third-order valence-electron chi connectivity index (χ3n) is 2.33. The van der Waals surface area contributed by atoms with Crippen LogP contribution >= 0.6 is 45.8 Å². The van der Waals surface area contributed by atoms with E-state index in [4.69, 9.17) is 27.9 Å². The first kappa shape index (κ1) is 15.4.